The molecule has 2 aliphatic heterocycles. The number of rotatable bonds is 2. The Labute approximate surface area is 102 Å². The maximum atomic E-state index is 12.3. The van der Waals surface area contributed by atoms with Crippen molar-refractivity contribution in [2.75, 3.05) is 25.1 Å². The van der Waals surface area contributed by atoms with Crippen LogP contribution < -0.4 is 5.32 Å². The maximum Gasteiger partial charge on any atom is 0.225 e. The molecule has 0 saturated carbocycles. The number of thioether (sulfide) groups is 1. The molecule has 0 spiro atoms. The van der Waals surface area contributed by atoms with Crippen molar-refractivity contribution in [2.24, 2.45) is 5.92 Å². The predicted molar refractivity (Wildman–Crippen MR) is 68.7 cm³/mol. The molecule has 0 aliphatic carbocycles. The zero-order valence-corrected chi connectivity index (χ0v) is 11.1. The van der Waals surface area contributed by atoms with E-state index in [0.29, 0.717) is 18.0 Å². The lowest BCUT2D eigenvalue weighted by atomic mass is 9.91. The fourth-order valence-electron chi connectivity index (χ4n) is 2.65. The topological polar surface area (TPSA) is 32.3 Å². The molecule has 92 valence electrons. The SMILES string of the molecule is C[C@H]1C[C@@H](C(=O)N(C)C2CCSC2)CCN1. The van der Waals surface area contributed by atoms with Crippen molar-refractivity contribution >= 4 is 17.7 Å². The fraction of sp³-hybridized carbons (Fsp3) is 0.917. The molecule has 1 amide bonds. The van der Waals surface area contributed by atoms with Gasteiger partial charge in [-0.15, -0.1) is 0 Å². The number of amides is 1. The van der Waals surface area contributed by atoms with Crippen LogP contribution in [0.4, 0.5) is 0 Å². The van der Waals surface area contributed by atoms with Crippen molar-refractivity contribution in [2.45, 2.75) is 38.3 Å². The highest BCUT2D eigenvalue weighted by Crippen LogP contribution is 2.25. The lowest BCUT2D eigenvalue weighted by Crippen LogP contribution is -2.46. The Hall–Kier alpha value is -0.220. The highest BCUT2D eigenvalue weighted by molar-refractivity contribution is 7.99. The van der Waals surface area contributed by atoms with E-state index in [1.807, 2.05) is 23.7 Å². The molecule has 2 rings (SSSR count). The van der Waals surface area contributed by atoms with Crippen LogP contribution >= 0.6 is 11.8 Å². The molecule has 3 atom stereocenters. The van der Waals surface area contributed by atoms with Crippen molar-refractivity contribution in [1.29, 1.82) is 0 Å². The first-order chi connectivity index (χ1) is 7.68. The number of hydrogen-bond acceptors (Lipinski definition) is 3. The van der Waals surface area contributed by atoms with Crippen LogP contribution in [0.15, 0.2) is 0 Å². The van der Waals surface area contributed by atoms with Gasteiger partial charge in [-0.1, -0.05) is 0 Å². The molecule has 0 aromatic rings. The molecule has 0 aromatic heterocycles. The Morgan fingerprint density at radius 2 is 2.25 bits per heavy atom. The van der Waals surface area contributed by atoms with E-state index in [1.54, 1.807) is 0 Å². The second-order valence-electron chi connectivity index (χ2n) is 5.04. The predicted octanol–water partition coefficient (Wildman–Crippen LogP) is 1.34. The minimum Gasteiger partial charge on any atom is -0.342 e. The number of carbonyl (C=O) groups excluding carboxylic acids is 1. The molecule has 4 heteroatoms. The first-order valence-corrected chi connectivity index (χ1v) is 7.41. The number of nitrogens with one attached hydrogen (secondary N) is 1. The number of hydrogen-bond donors (Lipinski definition) is 1. The third-order valence-electron chi connectivity index (χ3n) is 3.77. The van der Waals surface area contributed by atoms with Crippen LogP contribution in [-0.4, -0.2) is 48.0 Å². The second kappa shape index (κ2) is 5.41. The summed E-state index contributed by atoms with van der Waals surface area (Å²) in [6.07, 6.45) is 3.18. The van der Waals surface area contributed by atoms with E-state index in [9.17, 15) is 4.79 Å². The molecule has 1 N–H and O–H groups in total. The van der Waals surface area contributed by atoms with Crippen molar-refractivity contribution in [3.05, 3.63) is 0 Å². The van der Waals surface area contributed by atoms with E-state index < -0.39 is 0 Å². The molecule has 0 radical (unpaired) electrons. The lowest BCUT2D eigenvalue weighted by molar-refractivity contribution is -0.137. The van der Waals surface area contributed by atoms with E-state index in [4.69, 9.17) is 0 Å². The zero-order valence-electron chi connectivity index (χ0n) is 10.2. The van der Waals surface area contributed by atoms with Crippen LogP contribution in [0.25, 0.3) is 0 Å². The number of nitrogens with zero attached hydrogens (tertiary/aromatic N) is 1. The summed E-state index contributed by atoms with van der Waals surface area (Å²) in [4.78, 5) is 14.3. The van der Waals surface area contributed by atoms with Gasteiger partial charge in [-0.05, 0) is 38.5 Å². The van der Waals surface area contributed by atoms with Crippen LogP contribution in [0.1, 0.15) is 26.2 Å². The highest BCUT2D eigenvalue weighted by atomic mass is 32.2. The van der Waals surface area contributed by atoms with E-state index >= 15 is 0 Å². The third kappa shape index (κ3) is 2.72. The summed E-state index contributed by atoms with van der Waals surface area (Å²) in [7, 11) is 1.99. The minimum atomic E-state index is 0.256. The average molecular weight is 242 g/mol. The van der Waals surface area contributed by atoms with Gasteiger partial charge in [-0.3, -0.25) is 4.79 Å². The molecular weight excluding hydrogens is 220 g/mol. The fourth-order valence-corrected chi connectivity index (χ4v) is 3.92. The number of carbonyl (C=O) groups is 1. The summed E-state index contributed by atoms with van der Waals surface area (Å²) in [5, 5.41) is 3.40. The van der Waals surface area contributed by atoms with Gasteiger partial charge in [0.15, 0.2) is 0 Å². The van der Waals surface area contributed by atoms with Crippen LogP contribution in [0.5, 0.6) is 0 Å². The van der Waals surface area contributed by atoms with E-state index in [1.165, 1.54) is 12.2 Å². The Bertz CT molecular complexity index is 249. The minimum absolute atomic E-state index is 0.256. The van der Waals surface area contributed by atoms with Gasteiger partial charge in [-0.25, -0.2) is 0 Å². The zero-order chi connectivity index (χ0) is 11.5. The van der Waals surface area contributed by atoms with E-state index in [0.717, 1.165) is 25.1 Å². The van der Waals surface area contributed by atoms with Crippen LogP contribution in [0.3, 0.4) is 0 Å². The summed E-state index contributed by atoms with van der Waals surface area (Å²) in [6.45, 7) is 3.16. The summed E-state index contributed by atoms with van der Waals surface area (Å²) >= 11 is 1.97. The Morgan fingerprint density at radius 1 is 1.44 bits per heavy atom. The second-order valence-corrected chi connectivity index (χ2v) is 6.19. The highest BCUT2D eigenvalue weighted by Gasteiger charge is 2.31. The molecule has 2 fully saturated rings. The molecule has 2 heterocycles. The van der Waals surface area contributed by atoms with Gasteiger partial charge >= 0.3 is 0 Å². The standard InChI is InChI=1S/C12H22N2OS/c1-9-7-10(3-5-13-9)12(15)14(2)11-4-6-16-8-11/h9-11,13H,3-8H2,1-2H3/t9-,10-,11?/m0/s1. The van der Waals surface area contributed by atoms with Crippen LogP contribution in [0.2, 0.25) is 0 Å². The van der Waals surface area contributed by atoms with Crippen LogP contribution in [-0.2, 0) is 4.79 Å². The summed E-state index contributed by atoms with van der Waals surface area (Å²) in [6, 6.07) is 0.983. The van der Waals surface area contributed by atoms with Crippen molar-refractivity contribution < 1.29 is 4.79 Å². The summed E-state index contributed by atoms with van der Waals surface area (Å²) < 4.78 is 0. The Morgan fingerprint density at radius 3 is 2.88 bits per heavy atom. The Kier molecular flexibility index (Phi) is 4.14. The average Bonchev–Trinajstić information content (AvgIpc) is 2.80. The largest absolute Gasteiger partial charge is 0.342 e. The van der Waals surface area contributed by atoms with Gasteiger partial charge in [0.2, 0.25) is 5.91 Å². The Balaban J connectivity index is 1.89. The van der Waals surface area contributed by atoms with Gasteiger partial charge in [-0.2, -0.15) is 11.8 Å². The quantitative estimate of drug-likeness (QED) is 0.793. The first-order valence-electron chi connectivity index (χ1n) is 6.26. The van der Waals surface area contributed by atoms with Crippen molar-refractivity contribution in [1.82, 2.24) is 10.2 Å². The molecule has 0 aromatic carbocycles. The first kappa shape index (κ1) is 12.2. The molecule has 0 bridgehead atoms. The third-order valence-corrected chi connectivity index (χ3v) is 4.92. The van der Waals surface area contributed by atoms with E-state index in [2.05, 4.69) is 12.2 Å². The van der Waals surface area contributed by atoms with Crippen molar-refractivity contribution in [3.8, 4) is 0 Å². The van der Waals surface area contributed by atoms with E-state index in [-0.39, 0.29) is 5.92 Å². The summed E-state index contributed by atoms with van der Waals surface area (Å²) in [5.74, 6) is 2.97. The number of piperidine rings is 1. The van der Waals surface area contributed by atoms with Crippen LogP contribution in [0, 0.1) is 5.92 Å². The van der Waals surface area contributed by atoms with Gasteiger partial charge < -0.3 is 10.2 Å². The van der Waals surface area contributed by atoms with Gasteiger partial charge in [0.25, 0.3) is 0 Å². The molecular formula is C12H22N2OS. The van der Waals surface area contributed by atoms with Gasteiger partial charge in [0.1, 0.15) is 0 Å². The summed E-state index contributed by atoms with van der Waals surface area (Å²) in [5.41, 5.74) is 0. The normalized spacial score (nSPS) is 35.0. The molecule has 1 unspecified atom stereocenters. The monoisotopic (exact) mass is 242 g/mol. The molecule has 2 aliphatic rings. The lowest BCUT2D eigenvalue weighted by Gasteiger charge is -2.32. The molecule has 16 heavy (non-hydrogen) atoms. The smallest absolute Gasteiger partial charge is 0.225 e. The van der Waals surface area contributed by atoms with Crippen molar-refractivity contribution in [3.63, 3.8) is 0 Å². The molecule has 3 nitrogen and oxygen atoms in total. The van der Waals surface area contributed by atoms with Gasteiger partial charge in [0, 0.05) is 30.8 Å². The molecule has 2 saturated heterocycles. The maximum absolute atomic E-state index is 12.3. The van der Waals surface area contributed by atoms with Gasteiger partial charge in [0.05, 0.1) is 0 Å².